The molecular weight excluding hydrogens is 445 g/mol. The van der Waals surface area contributed by atoms with Gasteiger partial charge in [-0.1, -0.05) is 11.8 Å². The monoisotopic (exact) mass is 463 g/mol. The van der Waals surface area contributed by atoms with E-state index in [2.05, 4.69) is 20.3 Å². The van der Waals surface area contributed by atoms with Gasteiger partial charge in [-0.15, -0.1) is 0 Å². The maximum absolute atomic E-state index is 14.6. The summed E-state index contributed by atoms with van der Waals surface area (Å²) in [6, 6.07) is 2.21. The minimum atomic E-state index is -1.48. The molecule has 2 aromatic heterocycles. The van der Waals surface area contributed by atoms with Crippen LogP contribution in [0.1, 0.15) is 28.9 Å². The number of nitrogen functional groups attached to an aromatic ring is 1. The standard InChI is InChI=1S/C19H18FN5O6S/c1-7-14(13-15(22-7)24-19(21)25-17(13)29)32-8-2-3-9(10(20)6-8)16(28)23-11(18(30)31)4-5-12(26)27/h2-3,6,11H,4-5H2,1H3,(H,23,28)(H,26,27)(H,30,31)(H4,21,22,24,25,29)/t11-/m0/s1. The summed E-state index contributed by atoms with van der Waals surface area (Å²) in [6.45, 7) is 1.71. The zero-order chi connectivity index (χ0) is 23.6. The molecule has 0 aliphatic heterocycles. The van der Waals surface area contributed by atoms with Crippen LogP contribution in [0.2, 0.25) is 0 Å². The van der Waals surface area contributed by atoms with E-state index >= 15 is 0 Å². The summed E-state index contributed by atoms with van der Waals surface area (Å²) in [5.74, 6) is -4.60. The van der Waals surface area contributed by atoms with Crippen LogP contribution in [0.25, 0.3) is 11.0 Å². The van der Waals surface area contributed by atoms with Gasteiger partial charge in [0.1, 0.15) is 17.5 Å². The van der Waals surface area contributed by atoms with E-state index < -0.39 is 47.2 Å². The van der Waals surface area contributed by atoms with E-state index in [4.69, 9.17) is 15.9 Å². The number of carboxylic acids is 2. The van der Waals surface area contributed by atoms with Crippen LogP contribution in [0.4, 0.5) is 10.3 Å². The molecule has 7 N–H and O–H groups in total. The van der Waals surface area contributed by atoms with Crippen molar-refractivity contribution in [2.24, 2.45) is 0 Å². The molecule has 0 saturated heterocycles. The summed E-state index contributed by atoms with van der Waals surface area (Å²) in [5, 5.41) is 20.2. The molecule has 1 atom stereocenters. The molecule has 2 heterocycles. The van der Waals surface area contributed by atoms with Gasteiger partial charge in [-0.3, -0.25) is 19.4 Å². The number of aliphatic carboxylic acids is 2. The number of amides is 1. The van der Waals surface area contributed by atoms with Crippen LogP contribution in [0.3, 0.4) is 0 Å². The first-order chi connectivity index (χ1) is 15.1. The highest BCUT2D eigenvalue weighted by Gasteiger charge is 2.23. The third-order valence-electron chi connectivity index (χ3n) is 4.47. The summed E-state index contributed by atoms with van der Waals surface area (Å²) in [5.41, 5.74) is 5.57. The predicted molar refractivity (Wildman–Crippen MR) is 112 cm³/mol. The first kappa shape index (κ1) is 22.8. The average molecular weight is 463 g/mol. The van der Waals surface area contributed by atoms with Crippen molar-refractivity contribution >= 4 is 46.6 Å². The Balaban J connectivity index is 1.83. The second kappa shape index (κ2) is 9.09. The van der Waals surface area contributed by atoms with Gasteiger partial charge in [0.15, 0.2) is 0 Å². The van der Waals surface area contributed by atoms with Crippen LogP contribution in [0.5, 0.6) is 0 Å². The van der Waals surface area contributed by atoms with Crippen molar-refractivity contribution in [3.05, 3.63) is 45.6 Å². The number of halogens is 1. The summed E-state index contributed by atoms with van der Waals surface area (Å²) < 4.78 is 14.6. The predicted octanol–water partition coefficient (Wildman–Crippen LogP) is 1.48. The lowest BCUT2D eigenvalue weighted by Gasteiger charge is -2.14. The number of nitrogens with two attached hydrogens (primary N) is 1. The number of carboxylic acid groups (broad SMARTS) is 2. The molecule has 0 saturated carbocycles. The summed E-state index contributed by atoms with van der Waals surface area (Å²) >= 11 is 1.07. The number of hydrogen-bond donors (Lipinski definition) is 6. The largest absolute Gasteiger partial charge is 0.481 e. The van der Waals surface area contributed by atoms with Gasteiger partial charge in [0.2, 0.25) is 5.95 Å². The van der Waals surface area contributed by atoms with Crippen LogP contribution in [-0.2, 0) is 9.59 Å². The number of aryl methyl sites for hydroxylation is 1. The molecule has 11 nitrogen and oxygen atoms in total. The Kier molecular flexibility index (Phi) is 6.48. The number of fused-ring (bicyclic) bond motifs is 1. The molecule has 0 bridgehead atoms. The number of aromatic amines is 2. The second-order valence-electron chi connectivity index (χ2n) is 6.79. The quantitative estimate of drug-likeness (QED) is 0.287. The van der Waals surface area contributed by atoms with E-state index in [9.17, 15) is 23.6 Å². The Bertz CT molecular complexity index is 1290. The highest BCUT2D eigenvalue weighted by molar-refractivity contribution is 7.99. The Morgan fingerprint density at radius 1 is 1.28 bits per heavy atom. The normalized spacial score (nSPS) is 11.9. The molecule has 0 aliphatic carbocycles. The fraction of sp³-hybridized carbons (Fsp3) is 0.211. The fourth-order valence-corrected chi connectivity index (χ4v) is 3.99. The highest BCUT2D eigenvalue weighted by atomic mass is 32.2. The first-order valence-corrected chi connectivity index (χ1v) is 9.99. The molecule has 0 unspecified atom stereocenters. The molecule has 1 amide bonds. The lowest BCUT2D eigenvalue weighted by molar-refractivity contribution is -0.140. The van der Waals surface area contributed by atoms with Gasteiger partial charge in [-0.25, -0.2) is 9.18 Å². The van der Waals surface area contributed by atoms with Crippen LogP contribution in [0, 0.1) is 12.7 Å². The van der Waals surface area contributed by atoms with Gasteiger partial charge in [-0.2, -0.15) is 4.98 Å². The van der Waals surface area contributed by atoms with Gasteiger partial charge in [-0.05, 0) is 31.5 Å². The third kappa shape index (κ3) is 4.88. The number of nitrogens with zero attached hydrogens (tertiary/aromatic N) is 1. The number of carbonyl (C=O) groups excluding carboxylic acids is 1. The Morgan fingerprint density at radius 3 is 2.62 bits per heavy atom. The lowest BCUT2D eigenvalue weighted by Crippen LogP contribution is -2.41. The van der Waals surface area contributed by atoms with Crippen LogP contribution >= 0.6 is 11.8 Å². The molecule has 3 aromatic rings. The average Bonchev–Trinajstić information content (AvgIpc) is 2.99. The van der Waals surface area contributed by atoms with E-state index in [-0.39, 0.29) is 23.4 Å². The number of anilines is 1. The van der Waals surface area contributed by atoms with Gasteiger partial charge in [0.25, 0.3) is 11.5 Å². The molecule has 3 rings (SSSR count). The van der Waals surface area contributed by atoms with Gasteiger partial charge < -0.3 is 26.2 Å². The van der Waals surface area contributed by atoms with Crippen molar-refractivity contribution in [3.8, 4) is 0 Å². The number of aromatic nitrogens is 3. The smallest absolute Gasteiger partial charge is 0.326 e. The Hall–Kier alpha value is -3.87. The molecule has 1 aromatic carbocycles. The Morgan fingerprint density at radius 2 is 2.00 bits per heavy atom. The summed E-state index contributed by atoms with van der Waals surface area (Å²) in [7, 11) is 0. The molecule has 13 heteroatoms. The third-order valence-corrected chi connectivity index (χ3v) is 5.67. The van der Waals surface area contributed by atoms with E-state index in [0.717, 1.165) is 17.8 Å². The molecule has 168 valence electrons. The van der Waals surface area contributed by atoms with Crippen LogP contribution < -0.4 is 16.6 Å². The molecule has 0 aliphatic rings. The van der Waals surface area contributed by atoms with E-state index in [0.29, 0.717) is 15.5 Å². The van der Waals surface area contributed by atoms with Gasteiger partial charge in [0.05, 0.1) is 10.9 Å². The van der Waals surface area contributed by atoms with E-state index in [1.165, 1.54) is 12.1 Å². The van der Waals surface area contributed by atoms with Gasteiger partial charge >= 0.3 is 11.9 Å². The minimum Gasteiger partial charge on any atom is -0.481 e. The van der Waals surface area contributed by atoms with Crippen molar-refractivity contribution in [3.63, 3.8) is 0 Å². The van der Waals surface area contributed by atoms with E-state index in [1.54, 1.807) is 6.92 Å². The zero-order valence-electron chi connectivity index (χ0n) is 16.6. The Labute approximate surface area is 183 Å². The molecule has 0 fully saturated rings. The van der Waals surface area contributed by atoms with Crippen molar-refractivity contribution in [1.29, 1.82) is 0 Å². The van der Waals surface area contributed by atoms with Crippen molar-refractivity contribution < 1.29 is 29.0 Å². The number of rotatable bonds is 8. The van der Waals surface area contributed by atoms with Gasteiger partial charge in [0, 0.05) is 21.9 Å². The fourth-order valence-electron chi connectivity index (χ4n) is 2.96. The maximum atomic E-state index is 14.6. The molecule has 32 heavy (non-hydrogen) atoms. The maximum Gasteiger partial charge on any atom is 0.326 e. The zero-order valence-corrected chi connectivity index (χ0v) is 17.4. The second-order valence-corrected chi connectivity index (χ2v) is 7.88. The van der Waals surface area contributed by atoms with Crippen LogP contribution in [0.15, 0.2) is 32.8 Å². The number of hydrogen-bond acceptors (Lipinski definition) is 7. The summed E-state index contributed by atoms with van der Waals surface area (Å²) in [4.78, 5) is 56.7. The molecule has 0 spiro atoms. The lowest BCUT2D eigenvalue weighted by atomic mass is 10.1. The number of carbonyl (C=O) groups is 3. The van der Waals surface area contributed by atoms with Crippen molar-refractivity contribution in [1.82, 2.24) is 20.3 Å². The number of benzene rings is 1. The van der Waals surface area contributed by atoms with Crippen molar-refractivity contribution in [2.45, 2.75) is 35.6 Å². The number of nitrogens with one attached hydrogen (secondary N) is 3. The number of H-pyrrole nitrogens is 2. The topological polar surface area (TPSA) is 191 Å². The highest BCUT2D eigenvalue weighted by Crippen LogP contribution is 2.35. The minimum absolute atomic E-state index is 0.0512. The molecule has 0 radical (unpaired) electrons. The first-order valence-electron chi connectivity index (χ1n) is 9.17. The molecular formula is C19H18FN5O6S. The summed E-state index contributed by atoms with van der Waals surface area (Å²) in [6.07, 6.45) is -0.822. The van der Waals surface area contributed by atoms with Crippen LogP contribution in [-0.4, -0.2) is 49.1 Å². The van der Waals surface area contributed by atoms with E-state index in [1.807, 2.05) is 0 Å². The SMILES string of the molecule is Cc1[nH]c2nc(N)[nH]c(=O)c2c1Sc1ccc(C(=O)N[C@@H](CCC(=O)O)C(=O)O)c(F)c1. The van der Waals surface area contributed by atoms with Crippen molar-refractivity contribution in [2.75, 3.05) is 5.73 Å².